The van der Waals surface area contributed by atoms with Crippen LogP contribution in [0.15, 0.2) is 90.2 Å². The van der Waals surface area contributed by atoms with Gasteiger partial charge in [0.2, 0.25) is 0 Å². The molecule has 0 aliphatic heterocycles. The number of hydrogen-bond acceptors (Lipinski definition) is 4. The van der Waals surface area contributed by atoms with Crippen LogP contribution in [0.1, 0.15) is 17.1 Å². The number of rotatable bonds is 7. The maximum atomic E-state index is 4.49. The molecule has 0 bridgehead atoms. The Morgan fingerprint density at radius 2 is 1.52 bits per heavy atom. The van der Waals surface area contributed by atoms with Gasteiger partial charge in [0.1, 0.15) is 5.82 Å². The molecule has 2 aromatic carbocycles. The van der Waals surface area contributed by atoms with Gasteiger partial charge in [-0.05, 0) is 36.2 Å². The largest absolute Gasteiger partial charge is 0.274 e. The Morgan fingerprint density at radius 3 is 2.26 bits per heavy atom. The van der Waals surface area contributed by atoms with Crippen molar-refractivity contribution in [2.45, 2.75) is 18.0 Å². The molecule has 0 amide bonds. The first kappa shape index (κ1) is 17.5. The van der Waals surface area contributed by atoms with Gasteiger partial charge in [-0.1, -0.05) is 66.4 Å². The lowest BCUT2D eigenvalue weighted by Gasteiger charge is -2.10. The highest BCUT2D eigenvalue weighted by Gasteiger charge is 2.14. The summed E-state index contributed by atoms with van der Waals surface area (Å²) in [7, 11) is 0. The minimum atomic E-state index is 0.754. The standard InChI is InChI=1S/C22H20N4S/c1-3-9-18(10-4-1)17-21-24-25-22(26(21)20-12-5-2-6-13-20)27-16-14-19-11-7-8-15-23-19/h1-13,15H,14,16-17H2. The van der Waals surface area contributed by atoms with E-state index in [4.69, 9.17) is 0 Å². The number of thioether (sulfide) groups is 1. The Balaban J connectivity index is 1.57. The lowest BCUT2D eigenvalue weighted by atomic mass is 10.1. The van der Waals surface area contributed by atoms with Crippen LogP contribution in [0, 0.1) is 0 Å². The molecule has 0 radical (unpaired) electrons. The average molecular weight is 372 g/mol. The zero-order valence-corrected chi connectivity index (χ0v) is 15.7. The van der Waals surface area contributed by atoms with Crippen LogP contribution in [0.2, 0.25) is 0 Å². The normalized spacial score (nSPS) is 10.8. The van der Waals surface area contributed by atoms with Gasteiger partial charge in [-0.25, -0.2) is 0 Å². The SMILES string of the molecule is c1ccc(Cc2nnc(SCCc3ccccn3)n2-c2ccccc2)cc1. The van der Waals surface area contributed by atoms with Crippen molar-refractivity contribution in [1.29, 1.82) is 0 Å². The number of benzene rings is 2. The number of aromatic nitrogens is 4. The van der Waals surface area contributed by atoms with Crippen molar-refractivity contribution in [3.8, 4) is 5.69 Å². The molecule has 0 saturated carbocycles. The molecule has 2 heterocycles. The molecule has 0 N–H and O–H groups in total. The van der Waals surface area contributed by atoms with Crippen LogP contribution >= 0.6 is 11.8 Å². The van der Waals surface area contributed by atoms with Crippen LogP contribution in [0.25, 0.3) is 5.69 Å². The van der Waals surface area contributed by atoms with Gasteiger partial charge in [0.15, 0.2) is 5.16 Å². The van der Waals surface area contributed by atoms with E-state index in [1.165, 1.54) is 5.56 Å². The minimum absolute atomic E-state index is 0.754. The Kier molecular flexibility index (Phi) is 5.60. The molecule has 0 unspecified atom stereocenters. The van der Waals surface area contributed by atoms with Gasteiger partial charge in [-0.15, -0.1) is 10.2 Å². The minimum Gasteiger partial charge on any atom is -0.274 e. The summed E-state index contributed by atoms with van der Waals surface area (Å²) < 4.78 is 2.16. The molecule has 2 aromatic heterocycles. The van der Waals surface area contributed by atoms with E-state index in [0.717, 1.165) is 41.0 Å². The molecule has 0 spiro atoms. The van der Waals surface area contributed by atoms with Crippen LogP contribution in [0.5, 0.6) is 0 Å². The zero-order valence-electron chi connectivity index (χ0n) is 14.9. The molecule has 4 aromatic rings. The Morgan fingerprint density at radius 1 is 0.778 bits per heavy atom. The third kappa shape index (κ3) is 4.44. The van der Waals surface area contributed by atoms with E-state index in [1.54, 1.807) is 11.8 Å². The van der Waals surface area contributed by atoms with Crippen molar-refractivity contribution in [2.24, 2.45) is 0 Å². The highest BCUT2D eigenvalue weighted by Crippen LogP contribution is 2.24. The summed E-state index contributed by atoms with van der Waals surface area (Å²) in [6.45, 7) is 0. The number of aryl methyl sites for hydroxylation is 1. The lowest BCUT2D eigenvalue weighted by molar-refractivity contribution is 0.847. The van der Waals surface area contributed by atoms with E-state index >= 15 is 0 Å². The van der Waals surface area contributed by atoms with Crippen LogP contribution in [0.3, 0.4) is 0 Å². The van der Waals surface area contributed by atoms with Crippen molar-refractivity contribution >= 4 is 11.8 Å². The molecule has 0 aliphatic rings. The Labute approximate surface area is 163 Å². The number of para-hydroxylation sites is 1. The van der Waals surface area contributed by atoms with Gasteiger partial charge in [-0.2, -0.15) is 0 Å². The Hall–Kier alpha value is -2.92. The topological polar surface area (TPSA) is 43.6 Å². The molecule has 27 heavy (non-hydrogen) atoms. The highest BCUT2D eigenvalue weighted by atomic mass is 32.2. The molecule has 0 saturated heterocycles. The van der Waals surface area contributed by atoms with Gasteiger partial charge in [0.25, 0.3) is 0 Å². The van der Waals surface area contributed by atoms with Crippen molar-refractivity contribution in [3.05, 3.63) is 102 Å². The first-order chi connectivity index (χ1) is 13.4. The summed E-state index contributed by atoms with van der Waals surface area (Å²) in [5.74, 6) is 1.86. The second-order valence-corrected chi connectivity index (χ2v) is 7.21. The molecule has 0 aliphatic carbocycles. The van der Waals surface area contributed by atoms with E-state index in [1.807, 2.05) is 42.6 Å². The van der Waals surface area contributed by atoms with Gasteiger partial charge in [-0.3, -0.25) is 9.55 Å². The van der Waals surface area contributed by atoms with Crippen LogP contribution < -0.4 is 0 Å². The molecular weight excluding hydrogens is 352 g/mol. The Bertz CT molecular complexity index is 969. The monoisotopic (exact) mass is 372 g/mol. The number of nitrogens with zero attached hydrogens (tertiary/aromatic N) is 4. The molecule has 4 rings (SSSR count). The maximum Gasteiger partial charge on any atom is 0.195 e. The van der Waals surface area contributed by atoms with E-state index in [-0.39, 0.29) is 0 Å². The predicted molar refractivity (Wildman–Crippen MR) is 109 cm³/mol. The van der Waals surface area contributed by atoms with Crippen molar-refractivity contribution < 1.29 is 0 Å². The smallest absolute Gasteiger partial charge is 0.195 e. The van der Waals surface area contributed by atoms with Crippen molar-refractivity contribution in [2.75, 3.05) is 5.75 Å². The van der Waals surface area contributed by atoms with Crippen molar-refractivity contribution in [3.63, 3.8) is 0 Å². The third-order valence-corrected chi connectivity index (χ3v) is 5.17. The fraction of sp³-hybridized carbons (Fsp3) is 0.136. The van der Waals surface area contributed by atoms with Crippen LogP contribution in [0.4, 0.5) is 0 Å². The van der Waals surface area contributed by atoms with Gasteiger partial charge in [0.05, 0.1) is 0 Å². The van der Waals surface area contributed by atoms with Crippen LogP contribution in [-0.4, -0.2) is 25.5 Å². The third-order valence-electron chi connectivity index (χ3n) is 4.24. The summed E-state index contributed by atoms with van der Waals surface area (Å²) >= 11 is 1.72. The van der Waals surface area contributed by atoms with Crippen LogP contribution in [-0.2, 0) is 12.8 Å². The number of hydrogen-bond donors (Lipinski definition) is 0. The molecule has 5 heteroatoms. The summed E-state index contributed by atoms with van der Waals surface area (Å²) in [4.78, 5) is 4.40. The first-order valence-corrected chi connectivity index (χ1v) is 9.95. The summed E-state index contributed by atoms with van der Waals surface area (Å²) in [5.41, 5.74) is 3.42. The quantitative estimate of drug-likeness (QED) is 0.445. The molecular formula is C22H20N4S. The number of pyridine rings is 1. The van der Waals surface area contributed by atoms with Gasteiger partial charge in [0, 0.05) is 29.8 Å². The second-order valence-electron chi connectivity index (χ2n) is 6.15. The van der Waals surface area contributed by atoms with E-state index in [0.29, 0.717) is 0 Å². The summed E-state index contributed by atoms with van der Waals surface area (Å²) in [5, 5.41) is 9.88. The molecule has 0 fully saturated rings. The predicted octanol–water partition coefficient (Wildman–Crippen LogP) is 4.59. The summed E-state index contributed by atoms with van der Waals surface area (Å²) in [6.07, 6.45) is 3.50. The van der Waals surface area contributed by atoms with E-state index < -0.39 is 0 Å². The first-order valence-electron chi connectivity index (χ1n) is 8.96. The molecule has 0 atom stereocenters. The highest BCUT2D eigenvalue weighted by molar-refractivity contribution is 7.99. The van der Waals surface area contributed by atoms with E-state index in [9.17, 15) is 0 Å². The lowest BCUT2D eigenvalue weighted by Crippen LogP contribution is -2.04. The summed E-state index contributed by atoms with van der Waals surface area (Å²) in [6, 6.07) is 26.7. The van der Waals surface area contributed by atoms with Gasteiger partial charge < -0.3 is 0 Å². The second kappa shape index (κ2) is 8.64. The average Bonchev–Trinajstić information content (AvgIpc) is 3.12. The maximum absolute atomic E-state index is 4.49. The van der Waals surface area contributed by atoms with Crippen molar-refractivity contribution in [1.82, 2.24) is 19.7 Å². The fourth-order valence-corrected chi connectivity index (χ4v) is 3.85. The zero-order chi connectivity index (χ0) is 18.3. The molecule has 134 valence electrons. The molecule has 4 nitrogen and oxygen atoms in total. The fourth-order valence-electron chi connectivity index (χ4n) is 2.92. The van der Waals surface area contributed by atoms with E-state index in [2.05, 4.69) is 62.2 Å². The van der Waals surface area contributed by atoms with Gasteiger partial charge >= 0.3 is 0 Å².